The van der Waals surface area contributed by atoms with Crippen molar-refractivity contribution < 1.29 is 4.42 Å². The van der Waals surface area contributed by atoms with Gasteiger partial charge in [-0.05, 0) is 31.5 Å². The van der Waals surface area contributed by atoms with Gasteiger partial charge in [0.25, 0.3) is 0 Å². The molecule has 18 heavy (non-hydrogen) atoms. The fraction of sp³-hybridized carbons (Fsp3) is 0.462. The molecule has 4 nitrogen and oxygen atoms in total. The van der Waals surface area contributed by atoms with E-state index in [1.165, 1.54) is 6.42 Å². The quantitative estimate of drug-likeness (QED) is 0.923. The number of piperidine rings is 1. The minimum Gasteiger partial charge on any atom is -0.462 e. The fourth-order valence-electron chi connectivity index (χ4n) is 2.36. The highest BCUT2D eigenvalue weighted by Gasteiger charge is 2.18. The summed E-state index contributed by atoms with van der Waals surface area (Å²) in [4.78, 5) is 7.00. The number of likely N-dealkylation sites (tertiary alicyclic amines) is 1. The number of nitrogens with zero attached hydrogens (tertiary/aromatic N) is 2. The molecule has 5 heteroatoms. The molecule has 1 aliphatic rings. The van der Waals surface area contributed by atoms with E-state index in [9.17, 15) is 0 Å². The lowest BCUT2D eigenvalue weighted by atomic mass is 10.1. The number of nitrogens with two attached hydrogens (primary N) is 1. The third kappa shape index (κ3) is 2.63. The minimum absolute atomic E-state index is 0.321. The van der Waals surface area contributed by atoms with Gasteiger partial charge in [0, 0.05) is 24.5 Å². The van der Waals surface area contributed by atoms with Gasteiger partial charge >= 0.3 is 0 Å². The van der Waals surface area contributed by atoms with E-state index in [1.807, 2.05) is 12.1 Å². The first-order chi connectivity index (χ1) is 8.81. The van der Waals surface area contributed by atoms with Crippen LogP contribution in [0.3, 0.4) is 0 Å². The van der Waals surface area contributed by atoms with Crippen molar-refractivity contribution in [3.8, 4) is 10.8 Å². The Labute approximate surface area is 110 Å². The van der Waals surface area contributed by atoms with Crippen molar-refractivity contribution in [3.63, 3.8) is 0 Å². The van der Waals surface area contributed by atoms with Gasteiger partial charge in [0.05, 0.1) is 12.0 Å². The highest BCUT2D eigenvalue weighted by atomic mass is 32.1. The van der Waals surface area contributed by atoms with Crippen molar-refractivity contribution in [2.45, 2.75) is 25.4 Å². The lowest BCUT2D eigenvalue weighted by Gasteiger charge is -2.29. The van der Waals surface area contributed by atoms with Crippen LogP contribution in [0.1, 0.15) is 18.5 Å². The number of hydrogen-bond acceptors (Lipinski definition) is 5. The van der Waals surface area contributed by atoms with E-state index in [4.69, 9.17) is 10.2 Å². The molecule has 0 saturated carbocycles. The summed E-state index contributed by atoms with van der Waals surface area (Å²) < 4.78 is 5.35. The Bertz CT molecular complexity index is 494. The molecule has 1 fully saturated rings. The maximum atomic E-state index is 5.99. The molecule has 1 atom stereocenters. The Kier molecular flexibility index (Phi) is 3.45. The Balaban J connectivity index is 1.66. The van der Waals surface area contributed by atoms with Gasteiger partial charge in [0.1, 0.15) is 0 Å². The average Bonchev–Trinajstić information content (AvgIpc) is 2.98. The molecule has 0 amide bonds. The summed E-state index contributed by atoms with van der Waals surface area (Å²) in [6.45, 7) is 3.00. The molecule has 1 saturated heterocycles. The van der Waals surface area contributed by atoms with Gasteiger partial charge in [-0.1, -0.05) is 0 Å². The van der Waals surface area contributed by atoms with Crippen LogP contribution in [0, 0.1) is 0 Å². The van der Waals surface area contributed by atoms with Crippen molar-refractivity contribution >= 4 is 11.3 Å². The SMILES string of the molecule is NC1CCCN(Cc2csc(-c3ccco3)n2)C1. The summed E-state index contributed by atoms with van der Waals surface area (Å²) in [6, 6.07) is 4.15. The number of hydrogen-bond donors (Lipinski definition) is 1. The van der Waals surface area contributed by atoms with Crippen molar-refractivity contribution in [2.75, 3.05) is 13.1 Å². The van der Waals surface area contributed by atoms with E-state index < -0.39 is 0 Å². The Morgan fingerprint density at radius 2 is 2.50 bits per heavy atom. The molecule has 0 bridgehead atoms. The van der Waals surface area contributed by atoms with Gasteiger partial charge in [0.15, 0.2) is 10.8 Å². The summed E-state index contributed by atoms with van der Waals surface area (Å²) >= 11 is 1.63. The second-order valence-corrected chi connectivity index (χ2v) is 5.62. The summed E-state index contributed by atoms with van der Waals surface area (Å²) in [7, 11) is 0. The molecule has 1 unspecified atom stereocenters. The van der Waals surface area contributed by atoms with E-state index in [2.05, 4.69) is 15.3 Å². The zero-order valence-electron chi connectivity index (χ0n) is 10.2. The lowest BCUT2D eigenvalue weighted by Crippen LogP contribution is -2.42. The molecule has 96 valence electrons. The van der Waals surface area contributed by atoms with Gasteiger partial charge < -0.3 is 10.2 Å². The monoisotopic (exact) mass is 263 g/mol. The molecule has 2 aromatic rings. The van der Waals surface area contributed by atoms with Gasteiger partial charge in [-0.25, -0.2) is 4.98 Å². The highest BCUT2D eigenvalue weighted by molar-refractivity contribution is 7.13. The average molecular weight is 263 g/mol. The Morgan fingerprint density at radius 1 is 1.56 bits per heavy atom. The largest absolute Gasteiger partial charge is 0.462 e. The third-order valence-corrected chi connectivity index (χ3v) is 4.12. The smallest absolute Gasteiger partial charge is 0.162 e. The number of aromatic nitrogens is 1. The number of rotatable bonds is 3. The van der Waals surface area contributed by atoms with Gasteiger partial charge in [-0.15, -0.1) is 11.3 Å². The summed E-state index contributed by atoms with van der Waals surface area (Å²) in [5, 5.41) is 3.06. The molecule has 2 aromatic heterocycles. The Morgan fingerprint density at radius 3 is 3.28 bits per heavy atom. The Hall–Kier alpha value is -1.17. The van der Waals surface area contributed by atoms with E-state index in [1.54, 1.807) is 17.6 Å². The fourth-order valence-corrected chi connectivity index (χ4v) is 3.13. The van der Waals surface area contributed by atoms with E-state index in [0.29, 0.717) is 6.04 Å². The number of thiazole rings is 1. The van der Waals surface area contributed by atoms with Crippen LogP contribution in [0.4, 0.5) is 0 Å². The van der Waals surface area contributed by atoms with Crippen LogP contribution in [0.2, 0.25) is 0 Å². The van der Waals surface area contributed by atoms with Crippen LogP contribution in [0.5, 0.6) is 0 Å². The van der Waals surface area contributed by atoms with Crippen molar-refractivity contribution in [3.05, 3.63) is 29.5 Å². The molecule has 0 aliphatic carbocycles. The topological polar surface area (TPSA) is 55.3 Å². The van der Waals surface area contributed by atoms with Crippen molar-refractivity contribution in [1.82, 2.24) is 9.88 Å². The maximum absolute atomic E-state index is 5.99. The summed E-state index contributed by atoms with van der Waals surface area (Å²) in [5.74, 6) is 0.849. The number of furan rings is 1. The van der Waals surface area contributed by atoms with Crippen LogP contribution in [-0.4, -0.2) is 29.0 Å². The lowest BCUT2D eigenvalue weighted by molar-refractivity contribution is 0.200. The molecule has 2 N–H and O–H groups in total. The van der Waals surface area contributed by atoms with Crippen molar-refractivity contribution in [2.24, 2.45) is 5.73 Å². The standard InChI is InChI=1S/C13H17N3OS/c14-10-3-1-5-16(7-10)8-11-9-18-13(15-11)12-4-2-6-17-12/h2,4,6,9-10H,1,3,5,7-8,14H2. The van der Waals surface area contributed by atoms with Crippen LogP contribution < -0.4 is 5.73 Å². The maximum Gasteiger partial charge on any atom is 0.162 e. The first-order valence-electron chi connectivity index (χ1n) is 6.27. The zero-order chi connectivity index (χ0) is 12.4. The molecule has 0 radical (unpaired) electrons. The normalized spacial score (nSPS) is 21.3. The summed E-state index contributed by atoms with van der Waals surface area (Å²) in [6.07, 6.45) is 4.02. The third-order valence-electron chi connectivity index (χ3n) is 3.21. The van der Waals surface area contributed by atoms with Crippen LogP contribution in [0.25, 0.3) is 10.8 Å². The van der Waals surface area contributed by atoms with E-state index in [-0.39, 0.29) is 0 Å². The van der Waals surface area contributed by atoms with E-state index in [0.717, 1.165) is 42.5 Å². The molecular weight excluding hydrogens is 246 g/mol. The zero-order valence-corrected chi connectivity index (χ0v) is 11.0. The van der Waals surface area contributed by atoms with Gasteiger partial charge in [-0.3, -0.25) is 4.90 Å². The first-order valence-corrected chi connectivity index (χ1v) is 7.15. The molecule has 3 rings (SSSR count). The highest BCUT2D eigenvalue weighted by Crippen LogP contribution is 2.24. The molecular formula is C13H17N3OS. The molecule has 1 aliphatic heterocycles. The molecule has 0 aromatic carbocycles. The van der Waals surface area contributed by atoms with Gasteiger partial charge in [0.2, 0.25) is 0 Å². The second kappa shape index (κ2) is 5.22. The van der Waals surface area contributed by atoms with Gasteiger partial charge in [-0.2, -0.15) is 0 Å². The van der Waals surface area contributed by atoms with Crippen LogP contribution in [-0.2, 0) is 6.54 Å². The predicted octanol–water partition coefficient (Wildman–Crippen LogP) is 2.33. The van der Waals surface area contributed by atoms with Crippen LogP contribution in [0.15, 0.2) is 28.2 Å². The van der Waals surface area contributed by atoms with E-state index >= 15 is 0 Å². The minimum atomic E-state index is 0.321. The summed E-state index contributed by atoms with van der Waals surface area (Å²) in [5.41, 5.74) is 7.10. The predicted molar refractivity (Wildman–Crippen MR) is 72.3 cm³/mol. The second-order valence-electron chi connectivity index (χ2n) is 4.76. The molecule has 0 spiro atoms. The molecule has 3 heterocycles. The van der Waals surface area contributed by atoms with Crippen molar-refractivity contribution in [1.29, 1.82) is 0 Å². The first kappa shape index (κ1) is 11.9. The van der Waals surface area contributed by atoms with Crippen LogP contribution >= 0.6 is 11.3 Å².